The molecule has 1 amide bonds. The number of carbonyl (C=O) groups is 2. The number of rotatable bonds is 13. The van der Waals surface area contributed by atoms with Crippen molar-refractivity contribution in [2.75, 3.05) is 0 Å². The van der Waals surface area contributed by atoms with Crippen LogP contribution < -0.4 is 5.32 Å². The van der Waals surface area contributed by atoms with Crippen LogP contribution >= 0.6 is 0 Å². The van der Waals surface area contributed by atoms with Crippen LogP contribution in [0.25, 0.3) is 0 Å². The molecular formula is C21H31NO6. The Labute approximate surface area is 165 Å². The van der Waals surface area contributed by atoms with Gasteiger partial charge in [0.2, 0.25) is 5.91 Å². The third-order valence-corrected chi connectivity index (χ3v) is 4.33. The molecule has 156 valence electrons. The zero-order chi connectivity index (χ0) is 20.9. The Bertz CT molecular complexity index is 658. The van der Waals surface area contributed by atoms with Crippen LogP contribution in [0.2, 0.25) is 0 Å². The Morgan fingerprint density at radius 2 is 1.86 bits per heavy atom. The van der Waals surface area contributed by atoms with Gasteiger partial charge in [-0.3, -0.25) is 4.79 Å². The largest absolute Gasteiger partial charge is 0.504 e. The highest BCUT2D eigenvalue weighted by molar-refractivity contribution is 5.84. The average molecular weight is 393 g/mol. The molecule has 7 nitrogen and oxygen atoms in total. The van der Waals surface area contributed by atoms with Gasteiger partial charge in [0, 0.05) is 6.42 Å². The summed E-state index contributed by atoms with van der Waals surface area (Å²) in [5, 5.41) is 40.4. The molecule has 1 aromatic carbocycles. The molecular weight excluding hydrogens is 362 g/mol. The van der Waals surface area contributed by atoms with Crippen molar-refractivity contribution in [2.45, 2.75) is 70.4 Å². The van der Waals surface area contributed by atoms with Crippen LogP contribution in [-0.2, 0) is 16.0 Å². The van der Waals surface area contributed by atoms with Crippen LogP contribution in [0.15, 0.2) is 30.4 Å². The number of benzene rings is 1. The minimum atomic E-state index is -1.22. The van der Waals surface area contributed by atoms with Gasteiger partial charge < -0.3 is 25.7 Å². The number of phenolic OH excluding ortho intramolecular Hbond substituents is 2. The lowest BCUT2D eigenvalue weighted by atomic mass is 10.0. The molecule has 0 bridgehead atoms. The van der Waals surface area contributed by atoms with E-state index in [0.717, 1.165) is 12.8 Å². The topological polar surface area (TPSA) is 127 Å². The maximum Gasteiger partial charge on any atom is 0.326 e. The number of nitrogens with one attached hydrogen (secondary N) is 1. The molecule has 2 atom stereocenters. The molecule has 0 aliphatic rings. The molecule has 7 heteroatoms. The zero-order valence-corrected chi connectivity index (χ0v) is 16.3. The number of aromatic hydroxyl groups is 2. The second-order valence-corrected chi connectivity index (χ2v) is 6.90. The number of aliphatic hydroxyl groups excluding tert-OH is 1. The minimum absolute atomic E-state index is 0.0529. The summed E-state index contributed by atoms with van der Waals surface area (Å²) >= 11 is 0. The summed E-state index contributed by atoms with van der Waals surface area (Å²) in [6.07, 6.45) is 8.69. The molecule has 0 saturated heterocycles. The number of allylic oxidation sites excluding steroid dienone is 1. The first-order valence-electron chi connectivity index (χ1n) is 9.69. The van der Waals surface area contributed by atoms with Gasteiger partial charge in [-0.25, -0.2) is 4.79 Å². The Hall–Kier alpha value is -2.54. The lowest BCUT2D eigenvalue weighted by molar-refractivity contribution is -0.142. The van der Waals surface area contributed by atoms with Gasteiger partial charge >= 0.3 is 5.97 Å². The maximum atomic E-state index is 12.0. The molecule has 0 fully saturated rings. The smallest absolute Gasteiger partial charge is 0.326 e. The fraction of sp³-hybridized carbons (Fsp3) is 0.524. The molecule has 0 aliphatic carbocycles. The van der Waals surface area contributed by atoms with Gasteiger partial charge in [-0.15, -0.1) is 0 Å². The molecule has 5 N–H and O–H groups in total. The number of aliphatic hydroxyl groups is 1. The summed E-state index contributed by atoms with van der Waals surface area (Å²) in [4.78, 5) is 23.4. The van der Waals surface area contributed by atoms with Gasteiger partial charge in [-0.2, -0.15) is 0 Å². The molecule has 1 rings (SSSR count). The Morgan fingerprint density at radius 3 is 2.50 bits per heavy atom. The first kappa shape index (κ1) is 23.5. The number of carboxylic acids is 1. The number of amides is 1. The lowest BCUT2D eigenvalue weighted by Gasteiger charge is -2.16. The van der Waals surface area contributed by atoms with Gasteiger partial charge in [0.15, 0.2) is 11.5 Å². The maximum absolute atomic E-state index is 12.0. The Balaban J connectivity index is 2.43. The summed E-state index contributed by atoms with van der Waals surface area (Å²) in [6, 6.07) is 2.77. The van der Waals surface area contributed by atoms with Crippen molar-refractivity contribution < 1.29 is 30.0 Å². The predicted octanol–water partition coefficient (Wildman–Crippen LogP) is 2.88. The van der Waals surface area contributed by atoms with E-state index in [1.54, 1.807) is 0 Å². The van der Waals surface area contributed by atoms with Gasteiger partial charge in [0.25, 0.3) is 0 Å². The summed E-state index contributed by atoms with van der Waals surface area (Å²) in [7, 11) is 0. The van der Waals surface area contributed by atoms with Crippen molar-refractivity contribution in [1.29, 1.82) is 0 Å². The quantitative estimate of drug-likeness (QED) is 0.199. The Kier molecular flexibility index (Phi) is 10.7. The van der Waals surface area contributed by atoms with Crippen molar-refractivity contribution in [3.63, 3.8) is 0 Å². The number of hydrogen-bond donors (Lipinski definition) is 5. The van der Waals surface area contributed by atoms with E-state index in [1.165, 1.54) is 37.5 Å². The third kappa shape index (κ3) is 9.41. The van der Waals surface area contributed by atoms with Gasteiger partial charge in [0.1, 0.15) is 6.04 Å². The highest BCUT2D eigenvalue weighted by Crippen LogP contribution is 2.25. The molecule has 0 saturated carbocycles. The fourth-order valence-electron chi connectivity index (χ4n) is 2.74. The molecule has 1 unspecified atom stereocenters. The molecule has 0 heterocycles. The van der Waals surface area contributed by atoms with E-state index in [4.69, 9.17) is 0 Å². The zero-order valence-electron chi connectivity index (χ0n) is 16.3. The number of hydrogen-bond acceptors (Lipinski definition) is 5. The summed E-state index contributed by atoms with van der Waals surface area (Å²) in [5.41, 5.74) is 0.453. The van der Waals surface area contributed by atoms with Crippen molar-refractivity contribution >= 4 is 11.9 Å². The lowest BCUT2D eigenvalue weighted by Crippen LogP contribution is -2.43. The van der Waals surface area contributed by atoms with Crippen molar-refractivity contribution in [3.05, 3.63) is 35.9 Å². The first-order valence-corrected chi connectivity index (χ1v) is 9.69. The number of carbonyl (C=O) groups excluding carboxylic acids is 1. The number of unbranched alkanes of at least 4 members (excludes halogenated alkanes) is 4. The monoisotopic (exact) mass is 393 g/mol. The van der Waals surface area contributed by atoms with Crippen molar-refractivity contribution in [3.8, 4) is 11.5 Å². The van der Waals surface area contributed by atoms with E-state index in [9.17, 15) is 30.0 Å². The number of phenols is 2. The van der Waals surface area contributed by atoms with Crippen molar-refractivity contribution in [1.82, 2.24) is 5.32 Å². The van der Waals surface area contributed by atoms with Gasteiger partial charge in [0.05, 0.1) is 12.5 Å². The second kappa shape index (κ2) is 12.8. The highest BCUT2D eigenvalue weighted by Gasteiger charge is 2.22. The van der Waals surface area contributed by atoms with Crippen LogP contribution in [0.5, 0.6) is 11.5 Å². The van der Waals surface area contributed by atoms with E-state index in [0.29, 0.717) is 12.0 Å². The van der Waals surface area contributed by atoms with E-state index in [1.807, 2.05) is 12.2 Å². The van der Waals surface area contributed by atoms with E-state index >= 15 is 0 Å². The van der Waals surface area contributed by atoms with Gasteiger partial charge in [-0.1, -0.05) is 44.4 Å². The number of carboxylic acid groups (broad SMARTS) is 1. The SMILES string of the molecule is CCCCCCC=CCC(O)CC(=O)N[C@H](Cc1ccc(O)c(O)c1)C(=O)O. The molecule has 0 aromatic heterocycles. The third-order valence-electron chi connectivity index (χ3n) is 4.33. The molecule has 1 aromatic rings. The molecule has 0 radical (unpaired) electrons. The highest BCUT2D eigenvalue weighted by atomic mass is 16.4. The van der Waals surface area contributed by atoms with Gasteiger partial charge in [-0.05, 0) is 37.0 Å². The minimum Gasteiger partial charge on any atom is -0.504 e. The van der Waals surface area contributed by atoms with Crippen LogP contribution in [0.1, 0.15) is 57.4 Å². The van der Waals surface area contributed by atoms with Crippen LogP contribution in [0.3, 0.4) is 0 Å². The second-order valence-electron chi connectivity index (χ2n) is 6.90. The van der Waals surface area contributed by atoms with Crippen molar-refractivity contribution in [2.24, 2.45) is 0 Å². The van der Waals surface area contributed by atoms with Crippen LogP contribution in [-0.4, -0.2) is 44.4 Å². The standard InChI is InChI=1S/C21H31NO6/c1-2-3-4-5-6-7-8-9-16(23)14-20(26)22-17(21(27)28)12-15-10-11-18(24)19(25)13-15/h7-8,10-11,13,16-17,23-25H,2-6,9,12,14H2,1H3,(H,22,26)(H,27,28)/t16?,17-/m1/s1. The molecule has 0 spiro atoms. The normalized spacial score (nSPS) is 13.4. The summed E-state index contributed by atoms with van der Waals surface area (Å²) in [6.45, 7) is 2.15. The predicted molar refractivity (Wildman–Crippen MR) is 106 cm³/mol. The Morgan fingerprint density at radius 1 is 1.11 bits per heavy atom. The number of aliphatic carboxylic acids is 1. The summed E-state index contributed by atoms with van der Waals surface area (Å²) in [5.74, 6) is -2.44. The fourth-order valence-corrected chi connectivity index (χ4v) is 2.74. The van der Waals surface area contributed by atoms with E-state index in [-0.39, 0.29) is 24.3 Å². The summed E-state index contributed by atoms with van der Waals surface area (Å²) < 4.78 is 0. The molecule has 28 heavy (non-hydrogen) atoms. The van der Waals surface area contributed by atoms with E-state index in [2.05, 4.69) is 12.2 Å². The van der Waals surface area contributed by atoms with E-state index < -0.39 is 24.0 Å². The van der Waals surface area contributed by atoms with Crippen LogP contribution in [0, 0.1) is 0 Å². The molecule has 0 aliphatic heterocycles. The van der Waals surface area contributed by atoms with Crippen LogP contribution in [0.4, 0.5) is 0 Å². The first-order chi connectivity index (χ1) is 13.3. The average Bonchev–Trinajstić information content (AvgIpc) is 2.63.